The first kappa shape index (κ1) is 22.6. The van der Waals surface area contributed by atoms with Crippen molar-refractivity contribution in [3.8, 4) is 22.0 Å². The van der Waals surface area contributed by atoms with E-state index in [1.54, 1.807) is 12.1 Å². The van der Waals surface area contributed by atoms with E-state index in [1.807, 2.05) is 4.57 Å². The molecule has 5 aromatic rings. The highest BCUT2D eigenvalue weighted by Gasteiger charge is 2.31. The number of imidazole rings is 1. The van der Waals surface area contributed by atoms with Gasteiger partial charge >= 0.3 is 6.18 Å². The molecular formula is C25H16F5N5S. The van der Waals surface area contributed by atoms with Gasteiger partial charge in [-0.1, -0.05) is 35.6 Å². The maximum absolute atomic E-state index is 15.1. The molecule has 3 aromatic carbocycles. The maximum Gasteiger partial charge on any atom is 0.416 e. The summed E-state index contributed by atoms with van der Waals surface area (Å²) in [6.07, 6.45) is -2.62. The molecule has 0 aliphatic heterocycles. The summed E-state index contributed by atoms with van der Waals surface area (Å²) in [4.78, 5) is 4.66. The summed E-state index contributed by atoms with van der Waals surface area (Å²) in [5.41, 5.74) is 1.29. The Morgan fingerprint density at radius 2 is 1.69 bits per heavy atom. The summed E-state index contributed by atoms with van der Waals surface area (Å²) in [7, 11) is 0. The zero-order valence-electron chi connectivity index (χ0n) is 18.4. The lowest BCUT2D eigenvalue weighted by molar-refractivity contribution is -0.137. The van der Waals surface area contributed by atoms with Crippen molar-refractivity contribution in [3.05, 3.63) is 77.9 Å². The van der Waals surface area contributed by atoms with E-state index in [1.165, 1.54) is 36.4 Å². The Bertz CT molecular complexity index is 1600. The van der Waals surface area contributed by atoms with Gasteiger partial charge in [0.15, 0.2) is 0 Å². The van der Waals surface area contributed by atoms with E-state index in [9.17, 15) is 17.6 Å². The van der Waals surface area contributed by atoms with E-state index in [0.29, 0.717) is 22.4 Å². The molecule has 2 heterocycles. The fourth-order valence-corrected chi connectivity index (χ4v) is 4.83. The predicted molar refractivity (Wildman–Crippen MR) is 127 cm³/mol. The molecule has 1 saturated carbocycles. The molecule has 2 aromatic heterocycles. The van der Waals surface area contributed by atoms with Crippen LogP contribution < -0.4 is 5.32 Å². The van der Waals surface area contributed by atoms with E-state index in [4.69, 9.17) is 0 Å². The number of halogens is 5. The first-order chi connectivity index (χ1) is 17.3. The van der Waals surface area contributed by atoms with Crippen LogP contribution in [0.15, 0.2) is 60.7 Å². The number of nitrogens with one attached hydrogen (secondary N) is 1. The van der Waals surface area contributed by atoms with Gasteiger partial charge in [-0.25, -0.2) is 13.8 Å². The number of rotatable bonds is 5. The Balaban J connectivity index is 1.34. The van der Waals surface area contributed by atoms with Crippen LogP contribution in [0, 0.1) is 11.6 Å². The fourth-order valence-electron chi connectivity index (χ4n) is 4.08. The Morgan fingerprint density at radius 3 is 2.44 bits per heavy atom. The van der Waals surface area contributed by atoms with Crippen LogP contribution in [-0.2, 0) is 6.18 Å². The van der Waals surface area contributed by atoms with Crippen molar-refractivity contribution in [1.29, 1.82) is 0 Å². The second-order valence-electron chi connectivity index (χ2n) is 8.48. The van der Waals surface area contributed by atoms with E-state index in [-0.39, 0.29) is 33.2 Å². The Hall–Kier alpha value is -3.86. The second kappa shape index (κ2) is 8.37. The molecular weight excluding hydrogens is 497 g/mol. The molecule has 1 N–H and O–H groups in total. The molecule has 6 rings (SSSR count). The van der Waals surface area contributed by atoms with Crippen LogP contribution >= 0.6 is 11.3 Å². The van der Waals surface area contributed by atoms with Gasteiger partial charge in [-0.15, -0.1) is 10.2 Å². The van der Waals surface area contributed by atoms with Crippen LogP contribution in [-0.4, -0.2) is 19.7 Å². The largest absolute Gasteiger partial charge is 0.416 e. The quantitative estimate of drug-likeness (QED) is 0.246. The van der Waals surface area contributed by atoms with Crippen LogP contribution in [0.5, 0.6) is 0 Å². The second-order valence-corrected chi connectivity index (χ2v) is 9.46. The molecule has 36 heavy (non-hydrogen) atoms. The number of hydrogen-bond donors (Lipinski definition) is 1. The third kappa shape index (κ3) is 4.19. The molecule has 0 radical (unpaired) electrons. The van der Waals surface area contributed by atoms with Gasteiger partial charge in [-0.05, 0) is 43.2 Å². The molecule has 0 unspecified atom stereocenters. The number of hydrogen-bond acceptors (Lipinski definition) is 5. The highest BCUT2D eigenvalue weighted by Crippen LogP contribution is 2.42. The lowest BCUT2D eigenvalue weighted by atomic mass is 10.1. The third-order valence-corrected chi connectivity index (χ3v) is 6.76. The van der Waals surface area contributed by atoms with Gasteiger partial charge in [0.1, 0.15) is 22.5 Å². The minimum atomic E-state index is -4.48. The molecule has 0 bridgehead atoms. The summed E-state index contributed by atoms with van der Waals surface area (Å²) < 4.78 is 70.1. The van der Waals surface area contributed by atoms with Crippen LogP contribution in [0.25, 0.3) is 33.0 Å². The summed E-state index contributed by atoms with van der Waals surface area (Å²) in [6, 6.07) is 14.0. The number of fused-ring (bicyclic) bond motifs is 1. The SMILES string of the molecule is Fc1cccc(-c2nc3cc(Nc4nnc(-c5cccc(C(F)(F)F)c5)s4)c(F)cc3n2C2CC2)c1. The highest BCUT2D eigenvalue weighted by molar-refractivity contribution is 7.18. The van der Waals surface area contributed by atoms with Crippen LogP contribution in [0.1, 0.15) is 24.4 Å². The van der Waals surface area contributed by atoms with Gasteiger partial charge in [0.25, 0.3) is 0 Å². The predicted octanol–water partition coefficient (Wildman–Crippen LogP) is 7.60. The van der Waals surface area contributed by atoms with E-state index < -0.39 is 17.6 Å². The van der Waals surface area contributed by atoms with Crippen molar-refractivity contribution in [2.24, 2.45) is 0 Å². The summed E-state index contributed by atoms with van der Waals surface area (Å²) in [5, 5.41) is 11.3. The summed E-state index contributed by atoms with van der Waals surface area (Å²) >= 11 is 1.00. The average Bonchev–Trinajstić information content (AvgIpc) is 3.46. The minimum Gasteiger partial charge on any atom is -0.328 e. The van der Waals surface area contributed by atoms with Crippen molar-refractivity contribution in [2.45, 2.75) is 25.1 Å². The van der Waals surface area contributed by atoms with Gasteiger partial charge in [-0.2, -0.15) is 13.2 Å². The lowest BCUT2D eigenvalue weighted by Gasteiger charge is -2.09. The summed E-state index contributed by atoms with van der Waals surface area (Å²) in [5.74, 6) is -0.375. The Morgan fingerprint density at radius 1 is 0.917 bits per heavy atom. The summed E-state index contributed by atoms with van der Waals surface area (Å²) in [6.45, 7) is 0. The van der Waals surface area contributed by atoms with E-state index >= 15 is 4.39 Å². The van der Waals surface area contributed by atoms with Crippen molar-refractivity contribution in [1.82, 2.24) is 19.7 Å². The fraction of sp³-hybridized carbons (Fsp3) is 0.160. The first-order valence-corrected chi connectivity index (χ1v) is 11.8. The molecule has 1 aliphatic carbocycles. The first-order valence-electron chi connectivity index (χ1n) is 11.0. The standard InChI is InChI=1S/C25H16F5N5S/c26-16-6-2-3-13(10-16)22-31-20-12-19(18(27)11-21(20)35(22)17-7-8-17)32-24-34-33-23(36-24)14-4-1-5-15(9-14)25(28,29)30/h1-6,9-12,17H,7-8H2,(H,32,34). The number of aromatic nitrogens is 4. The minimum absolute atomic E-state index is 0.0977. The van der Waals surface area contributed by atoms with Crippen LogP contribution in [0.4, 0.5) is 32.8 Å². The molecule has 0 amide bonds. The molecule has 1 fully saturated rings. The van der Waals surface area contributed by atoms with Crippen LogP contribution in [0.3, 0.4) is 0 Å². The third-order valence-electron chi connectivity index (χ3n) is 5.88. The highest BCUT2D eigenvalue weighted by atomic mass is 32.1. The lowest BCUT2D eigenvalue weighted by Crippen LogP contribution is -2.04. The normalized spacial score (nSPS) is 13.9. The van der Waals surface area contributed by atoms with Gasteiger partial charge in [-0.3, -0.25) is 0 Å². The molecule has 0 atom stereocenters. The van der Waals surface area contributed by atoms with E-state index in [2.05, 4.69) is 20.5 Å². The maximum atomic E-state index is 15.1. The smallest absolute Gasteiger partial charge is 0.328 e. The zero-order valence-corrected chi connectivity index (χ0v) is 19.2. The van der Waals surface area contributed by atoms with Crippen molar-refractivity contribution >= 4 is 33.2 Å². The van der Waals surface area contributed by atoms with Gasteiger partial charge in [0, 0.05) is 23.2 Å². The van der Waals surface area contributed by atoms with Gasteiger partial charge in [0.05, 0.1) is 22.3 Å². The monoisotopic (exact) mass is 513 g/mol. The van der Waals surface area contributed by atoms with Crippen LogP contribution in [0.2, 0.25) is 0 Å². The number of nitrogens with zero attached hydrogens (tertiary/aromatic N) is 4. The number of anilines is 2. The average molecular weight is 513 g/mol. The zero-order chi connectivity index (χ0) is 25.0. The number of alkyl halides is 3. The molecule has 5 nitrogen and oxygen atoms in total. The Kier molecular flexibility index (Phi) is 5.25. The molecule has 0 spiro atoms. The van der Waals surface area contributed by atoms with Gasteiger partial charge < -0.3 is 9.88 Å². The van der Waals surface area contributed by atoms with Gasteiger partial charge in [0.2, 0.25) is 5.13 Å². The van der Waals surface area contributed by atoms with Crippen molar-refractivity contribution < 1.29 is 22.0 Å². The van der Waals surface area contributed by atoms with Crippen molar-refractivity contribution in [3.63, 3.8) is 0 Å². The van der Waals surface area contributed by atoms with Crippen molar-refractivity contribution in [2.75, 3.05) is 5.32 Å². The topological polar surface area (TPSA) is 55.6 Å². The molecule has 182 valence electrons. The Labute approximate surface area is 205 Å². The number of benzene rings is 3. The molecule has 1 aliphatic rings. The molecule has 0 saturated heterocycles. The van der Waals surface area contributed by atoms with E-state index in [0.717, 1.165) is 36.3 Å². The molecule has 11 heteroatoms.